The van der Waals surface area contributed by atoms with Gasteiger partial charge in [0, 0.05) is 50.0 Å². The van der Waals surface area contributed by atoms with E-state index >= 15 is 0 Å². The van der Waals surface area contributed by atoms with E-state index in [1.807, 2.05) is 24.3 Å². The monoisotopic (exact) mass is 887 g/mol. The summed E-state index contributed by atoms with van der Waals surface area (Å²) in [6, 6.07) is 53.1. The van der Waals surface area contributed by atoms with Crippen molar-refractivity contribution in [3.05, 3.63) is 180 Å². The quantitative estimate of drug-likeness (QED) is 0.172. The van der Waals surface area contributed by atoms with Gasteiger partial charge in [-0.1, -0.05) is 134 Å². The molecule has 6 heteroatoms. The summed E-state index contributed by atoms with van der Waals surface area (Å²) in [4.78, 5) is 11.2. The molecule has 0 saturated heterocycles. The van der Waals surface area contributed by atoms with Crippen molar-refractivity contribution in [3.63, 3.8) is 0 Å². The lowest BCUT2D eigenvalue weighted by Crippen LogP contribution is -2.44. The maximum atomic E-state index is 11.9. The number of imidazole rings is 1. The number of aromatic nitrogens is 3. The number of hydrogen-bond donors (Lipinski definition) is 1. The van der Waals surface area contributed by atoms with Gasteiger partial charge in [0.2, 0.25) is 0 Å². The Morgan fingerprint density at radius 1 is 0.500 bits per heavy atom. The van der Waals surface area contributed by atoms with Gasteiger partial charge in [0.1, 0.15) is 39.6 Å². The van der Waals surface area contributed by atoms with Gasteiger partial charge in [0.15, 0.2) is 0 Å². The van der Waals surface area contributed by atoms with Crippen LogP contribution in [0.5, 0.6) is 5.75 Å². The molecular formula is C62H53N3O3. The molecule has 7 aromatic carbocycles. The number of furan rings is 2. The van der Waals surface area contributed by atoms with Crippen LogP contribution in [-0.2, 0) is 10.8 Å². The summed E-state index contributed by atoms with van der Waals surface area (Å²) < 4.78 is 15.1. The first-order valence-electron chi connectivity index (χ1n) is 23.8. The molecule has 1 aliphatic rings. The summed E-state index contributed by atoms with van der Waals surface area (Å²) in [7, 11) is 0. The van der Waals surface area contributed by atoms with E-state index in [1.54, 1.807) is 6.07 Å². The van der Waals surface area contributed by atoms with Crippen LogP contribution in [0.25, 0.3) is 106 Å². The van der Waals surface area contributed by atoms with Crippen molar-refractivity contribution in [1.82, 2.24) is 14.5 Å². The molecule has 0 amide bonds. The van der Waals surface area contributed by atoms with Crippen molar-refractivity contribution >= 4 is 43.9 Å². The number of para-hydroxylation sites is 1. The fraction of sp³-hybridized carbons (Fsp3) is 0.194. The van der Waals surface area contributed by atoms with Crippen molar-refractivity contribution in [3.8, 4) is 67.7 Å². The third-order valence-electron chi connectivity index (χ3n) is 15.2. The van der Waals surface area contributed by atoms with Crippen LogP contribution in [0.1, 0.15) is 89.5 Å². The van der Waals surface area contributed by atoms with Crippen LogP contribution < -0.4 is 0 Å². The van der Waals surface area contributed by atoms with E-state index in [9.17, 15) is 5.11 Å². The lowest BCUT2D eigenvalue weighted by Gasteiger charge is -2.48. The molecule has 0 radical (unpaired) electrons. The van der Waals surface area contributed by atoms with Crippen molar-refractivity contribution in [2.24, 2.45) is 0 Å². The van der Waals surface area contributed by atoms with E-state index in [2.05, 4.69) is 187 Å². The molecule has 6 nitrogen and oxygen atoms in total. The number of nitrogens with zero attached hydrogens (tertiary/aromatic N) is 3. The third kappa shape index (κ3) is 6.37. The number of fused-ring (bicyclic) bond motifs is 9. The van der Waals surface area contributed by atoms with Gasteiger partial charge in [-0.25, -0.2) is 9.97 Å². The van der Waals surface area contributed by atoms with Crippen LogP contribution in [-0.4, -0.2) is 19.6 Å². The molecular weight excluding hydrogens is 835 g/mol. The Balaban J connectivity index is 1.13. The molecule has 0 saturated carbocycles. The van der Waals surface area contributed by atoms with Gasteiger partial charge in [-0.15, -0.1) is 0 Å². The van der Waals surface area contributed by atoms with Gasteiger partial charge in [-0.2, -0.15) is 0 Å². The van der Waals surface area contributed by atoms with Crippen LogP contribution >= 0.6 is 0 Å². The number of aromatic hydroxyl groups is 1. The van der Waals surface area contributed by atoms with E-state index in [4.69, 9.17) is 18.8 Å². The minimum absolute atomic E-state index is 0.216. The number of phenols is 1. The predicted octanol–water partition coefficient (Wildman–Crippen LogP) is 16.9. The van der Waals surface area contributed by atoms with E-state index in [0.717, 1.165) is 111 Å². The zero-order valence-electron chi connectivity index (χ0n) is 39.8. The molecule has 68 heavy (non-hydrogen) atoms. The van der Waals surface area contributed by atoms with Crippen molar-refractivity contribution in [2.75, 3.05) is 0 Å². The van der Waals surface area contributed by atoms with Crippen LogP contribution in [0.2, 0.25) is 0 Å². The summed E-state index contributed by atoms with van der Waals surface area (Å²) in [5.41, 5.74) is 16.6. The smallest absolute Gasteiger partial charge is 0.145 e. The minimum Gasteiger partial charge on any atom is -0.507 e. The lowest BCUT2D eigenvalue weighted by atomic mass is 9.55. The SMILES string of the molecule is CC(C)c1cc(C(C)C)cc(-n2cc(-c3cc(-c4ccc5oc6ccccc6c5c4)c4c(n3)-c3c(O)cccc3C(C)(C)C4(C)C)nc2-c2ccc3oc4ccc(-c5ccccc5)cc4c3c2)c1. The molecule has 0 fully saturated rings. The first kappa shape index (κ1) is 41.7. The molecule has 0 aliphatic heterocycles. The Labute approximate surface area is 396 Å². The average Bonchev–Trinajstić information content (AvgIpc) is 4.06. The summed E-state index contributed by atoms with van der Waals surface area (Å²) in [6.07, 6.45) is 2.15. The highest BCUT2D eigenvalue weighted by Gasteiger charge is 2.49. The maximum absolute atomic E-state index is 11.9. The Hall–Kier alpha value is -7.70. The number of pyridine rings is 1. The second-order valence-electron chi connectivity index (χ2n) is 20.4. The first-order chi connectivity index (χ1) is 32.7. The number of phenolic OH excluding ortho intramolecular Hbond substituents is 1. The largest absolute Gasteiger partial charge is 0.507 e. The van der Waals surface area contributed by atoms with Crippen LogP contribution in [0.3, 0.4) is 0 Å². The van der Waals surface area contributed by atoms with E-state index in [-0.39, 0.29) is 11.2 Å². The highest BCUT2D eigenvalue weighted by molar-refractivity contribution is 6.08. The van der Waals surface area contributed by atoms with Crippen molar-refractivity contribution in [2.45, 2.75) is 78.1 Å². The van der Waals surface area contributed by atoms with Crippen LogP contribution in [0.15, 0.2) is 167 Å². The van der Waals surface area contributed by atoms with E-state index < -0.39 is 5.41 Å². The standard InChI is InChI=1S/C62H53N3O3/c1-35(2)41-27-42(36(3)4)29-43(28-41)65-34-51(64-60(65)40-23-26-56-48(32-40)47-30-38(21-24-55(47)68-56)37-15-10-9-11-16-37)50-33-45(39-22-25-54-46(31-39)44-17-12-13-20-53(44)67-54)58-59(63-50)57-49(18-14-19-52(57)66)61(5,6)62(58,7)8/h9-36,66H,1-8H3. The minimum atomic E-state index is -0.407. The lowest BCUT2D eigenvalue weighted by molar-refractivity contribution is 0.297. The van der Waals surface area contributed by atoms with Crippen molar-refractivity contribution in [1.29, 1.82) is 0 Å². The van der Waals surface area contributed by atoms with Gasteiger partial charge in [-0.05, 0) is 135 Å². The average molecular weight is 888 g/mol. The molecule has 4 heterocycles. The fourth-order valence-corrected chi connectivity index (χ4v) is 10.7. The van der Waals surface area contributed by atoms with Gasteiger partial charge in [0.05, 0.1) is 11.4 Å². The van der Waals surface area contributed by atoms with Gasteiger partial charge in [0.25, 0.3) is 0 Å². The fourth-order valence-electron chi connectivity index (χ4n) is 10.7. The normalized spacial score (nSPS) is 14.1. The Morgan fingerprint density at radius 2 is 1.09 bits per heavy atom. The molecule has 1 N–H and O–H groups in total. The van der Waals surface area contributed by atoms with E-state index in [1.165, 1.54) is 11.1 Å². The number of rotatable bonds is 7. The van der Waals surface area contributed by atoms with Crippen LogP contribution in [0.4, 0.5) is 0 Å². The summed E-state index contributed by atoms with van der Waals surface area (Å²) in [6.45, 7) is 18.2. The maximum Gasteiger partial charge on any atom is 0.145 e. The third-order valence-corrected chi connectivity index (χ3v) is 15.2. The first-order valence-corrected chi connectivity index (χ1v) is 23.8. The van der Waals surface area contributed by atoms with Crippen molar-refractivity contribution < 1.29 is 13.9 Å². The highest BCUT2D eigenvalue weighted by Crippen LogP contribution is 2.58. The number of hydrogen-bond acceptors (Lipinski definition) is 5. The van der Waals surface area contributed by atoms with Crippen LogP contribution in [0, 0.1) is 0 Å². The van der Waals surface area contributed by atoms with Gasteiger partial charge < -0.3 is 13.9 Å². The molecule has 4 aromatic heterocycles. The summed E-state index contributed by atoms with van der Waals surface area (Å²) >= 11 is 0. The second-order valence-corrected chi connectivity index (χ2v) is 20.4. The molecule has 334 valence electrons. The Morgan fingerprint density at radius 3 is 1.78 bits per heavy atom. The molecule has 0 bridgehead atoms. The Bertz CT molecular complexity index is 3800. The Kier molecular flexibility index (Phi) is 9.30. The zero-order valence-corrected chi connectivity index (χ0v) is 39.8. The molecule has 0 atom stereocenters. The zero-order chi connectivity index (χ0) is 46.8. The molecule has 11 aromatic rings. The van der Waals surface area contributed by atoms with Gasteiger partial charge in [-0.3, -0.25) is 4.57 Å². The highest BCUT2D eigenvalue weighted by atomic mass is 16.3. The van der Waals surface area contributed by atoms with Gasteiger partial charge >= 0.3 is 0 Å². The second kappa shape index (κ2) is 15.2. The summed E-state index contributed by atoms with van der Waals surface area (Å²) in [5.74, 6) is 1.65. The molecule has 0 spiro atoms. The topological polar surface area (TPSA) is 77.2 Å². The van der Waals surface area contributed by atoms with E-state index in [0.29, 0.717) is 17.5 Å². The molecule has 12 rings (SSSR count). The molecule has 0 unspecified atom stereocenters. The molecule has 1 aliphatic carbocycles. The number of benzene rings is 7. The predicted molar refractivity (Wildman–Crippen MR) is 279 cm³/mol. The summed E-state index contributed by atoms with van der Waals surface area (Å²) in [5, 5.41) is 16.1.